The lowest BCUT2D eigenvalue weighted by Crippen LogP contribution is -2.14. The van der Waals surface area contributed by atoms with Gasteiger partial charge >= 0.3 is 12.1 Å². The van der Waals surface area contributed by atoms with E-state index in [1.165, 1.54) is 24.4 Å². The highest BCUT2D eigenvalue weighted by Gasteiger charge is 2.34. The lowest BCUT2D eigenvalue weighted by Gasteiger charge is -2.11. The number of para-hydroxylation sites is 1. The van der Waals surface area contributed by atoms with Gasteiger partial charge in [-0.05, 0) is 30.3 Å². The zero-order valence-electron chi connectivity index (χ0n) is 11.0. The summed E-state index contributed by atoms with van der Waals surface area (Å²) in [6, 6.07) is 9.43. The largest absolute Gasteiger partial charge is 0.421 e. The van der Waals surface area contributed by atoms with Gasteiger partial charge in [-0.1, -0.05) is 12.1 Å². The molecule has 3 aromatic rings. The number of esters is 1. The van der Waals surface area contributed by atoms with Gasteiger partial charge in [-0.15, -0.1) is 0 Å². The Labute approximate surface area is 122 Å². The van der Waals surface area contributed by atoms with Gasteiger partial charge in [-0.3, -0.25) is 0 Å². The van der Waals surface area contributed by atoms with Crippen molar-refractivity contribution in [1.29, 1.82) is 0 Å². The minimum Gasteiger partial charge on any atom is -0.421 e. The first-order valence-electron chi connectivity index (χ1n) is 6.27. The van der Waals surface area contributed by atoms with Crippen LogP contribution < -0.4 is 4.74 Å². The highest BCUT2D eigenvalue weighted by Crippen LogP contribution is 2.36. The zero-order valence-corrected chi connectivity index (χ0v) is 11.0. The summed E-state index contributed by atoms with van der Waals surface area (Å²) in [5.74, 6) is -1.44. The number of carbonyl (C=O) groups excluding carboxylic acids is 1. The van der Waals surface area contributed by atoms with Gasteiger partial charge in [-0.25, -0.2) is 9.78 Å². The van der Waals surface area contributed by atoms with E-state index in [2.05, 4.69) is 9.97 Å². The lowest BCUT2D eigenvalue weighted by atomic mass is 10.2. The summed E-state index contributed by atoms with van der Waals surface area (Å²) >= 11 is 0. The van der Waals surface area contributed by atoms with Gasteiger partial charge in [0, 0.05) is 11.6 Å². The summed E-state index contributed by atoms with van der Waals surface area (Å²) in [6.45, 7) is 0. The molecule has 2 aromatic heterocycles. The minimum atomic E-state index is -4.60. The molecule has 0 aliphatic heterocycles. The number of pyridine rings is 1. The molecule has 0 saturated carbocycles. The number of halogens is 3. The molecule has 0 aliphatic rings. The molecule has 2 heterocycles. The van der Waals surface area contributed by atoms with Crippen molar-refractivity contribution in [2.75, 3.05) is 0 Å². The van der Waals surface area contributed by atoms with E-state index < -0.39 is 23.5 Å². The first-order valence-corrected chi connectivity index (χ1v) is 6.27. The molecule has 22 heavy (non-hydrogen) atoms. The van der Waals surface area contributed by atoms with Gasteiger partial charge in [0.25, 0.3) is 0 Å². The first-order chi connectivity index (χ1) is 10.4. The van der Waals surface area contributed by atoms with Crippen LogP contribution in [0, 0.1) is 0 Å². The number of benzene rings is 1. The van der Waals surface area contributed by atoms with Crippen molar-refractivity contribution in [3.8, 4) is 5.75 Å². The highest BCUT2D eigenvalue weighted by atomic mass is 19.4. The van der Waals surface area contributed by atoms with Crippen LogP contribution in [0.3, 0.4) is 0 Å². The fourth-order valence-corrected chi connectivity index (χ4v) is 2.01. The average Bonchev–Trinajstić information content (AvgIpc) is 2.90. The lowest BCUT2D eigenvalue weighted by molar-refractivity contribution is -0.138. The second-order valence-corrected chi connectivity index (χ2v) is 4.51. The number of nitrogens with one attached hydrogen (secondary N) is 1. The molecule has 1 aromatic carbocycles. The molecule has 0 amide bonds. The number of aromatic amines is 1. The molecule has 0 atom stereocenters. The van der Waals surface area contributed by atoms with Crippen LogP contribution in [0.5, 0.6) is 5.75 Å². The summed E-state index contributed by atoms with van der Waals surface area (Å²) in [6.07, 6.45) is -3.06. The molecule has 7 heteroatoms. The summed E-state index contributed by atoms with van der Waals surface area (Å²) in [5, 5.41) is 0.665. The van der Waals surface area contributed by atoms with Crippen molar-refractivity contribution in [2.24, 2.45) is 0 Å². The molecule has 0 aliphatic carbocycles. The Morgan fingerprint density at radius 2 is 1.91 bits per heavy atom. The summed E-state index contributed by atoms with van der Waals surface area (Å²) in [4.78, 5) is 18.7. The maximum absolute atomic E-state index is 12.9. The van der Waals surface area contributed by atoms with Gasteiger partial charge in [0.05, 0.1) is 5.56 Å². The molecular weight excluding hydrogens is 297 g/mol. The Kier molecular flexibility index (Phi) is 3.32. The fourth-order valence-electron chi connectivity index (χ4n) is 2.01. The molecule has 0 fully saturated rings. The van der Waals surface area contributed by atoms with Crippen LogP contribution in [0.4, 0.5) is 13.2 Å². The van der Waals surface area contributed by atoms with E-state index in [1.807, 2.05) is 0 Å². The quantitative estimate of drug-likeness (QED) is 0.579. The average molecular weight is 306 g/mol. The van der Waals surface area contributed by atoms with Gasteiger partial charge in [-0.2, -0.15) is 13.2 Å². The third-order valence-electron chi connectivity index (χ3n) is 3.01. The van der Waals surface area contributed by atoms with Gasteiger partial charge < -0.3 is 9.72 Å². The SMILES string of the molecule is O=C(Oc1ccccc1C(F)(F)F)c1cc2cccnc2[nH]1. The van der Waals surface area contributed by atoms with E-state index in [0.717, 1.165) is 12.1 Å². The molecule has 0 radical (unpaired) electrons. The number of alkyl halides is 3. The van der Waals surface area contributed by atoms with Crippen molar-refractivity contribution in [3.63, 3.8) is 0 Å². The predicted octanol–water partition coefficient (Wildman–Crippen LogP) is 3.80. The number of rotatable bonds is 2. The minimum absolute atomic E-state index is 0.0330. The third-order valence-corrected chi connectivity index (χ3v) is 3.01. The van der Waals surface area contributed by atoms with Crippen molar-refractivity contribution >= 4 is 17.0 Å². The summed E-state index contributed by atoms with van der Waals surface area (Å²) in [7, 11) is 0. The Bertz CT molecular complexity index is 807. The smallest absolute Gasteiger partial charge is 0.419 e. The topological polar surface area (TPSA) is 55.0 Å². The normalized spacial score (nSPS) is 11.6. The molecule has 0 unspecified atom stereocenters. The molecule has 1 N–H and O–H groups in total. The van der Waals surface area contributed by atoms with Crippen molar-refractivity contribution in [3.05, 3.63) is 59.9 Å². The predicted molar refractivity (Wildman–Crippen MR) is 72.5 cm³/mol. The van der Waals surface area contributed by atoms with E-state index in [-0.39, 0.29) is 5.69 Å². The van der Waals surface area contributed by atoms with E-state index in [0.29, 0.717) is 11.0 Å². The first kappa shape index (κ1) is 14.1. The van der Waals surface area contributed by atoms with Crippen LogP contribution >= 0.6 is 0 Å². The second-order valence-electron chi connectivity index (χ2n) is 4.51. The van der Waals surface area contributed by atoms with Crippen LogP contribution in [0.2, 0.25) is 0 Å². The number of nitrogens with zero attached hydrogens (tertiary/aromatic N) is 1. The molecule has 0 saturated heterocycles. The van der Waals surface area contributed by atoms with Gasteiger partial charge in [0.15, 0.2) is 0 Å². The maximum Gasteiger partial charge on any atom is 0.419 e. The molecule has 0 bridgehead atoms. The summed E-state index contributed by atoms with van der Waals surface area (Å²) < 4.78 is 43.4. The van der Waals surface area contributed by atoms with Crippen LogP contribution in [-0.2, 0) is 6.18 Å². The van der Waals surface area contributed by atoms with E-state index in [9.17, 15) is 18.0 Å². The van der Waals surface area contributed by atoms with Crippen molar-refractivity contribution < 1.29 is 22.7 Å². The maximum atomic E-state index is 12.9. The molecular formula is C15H9F3N2O2. The van der Waals surface area contributed by atoms with Gasteiger partial charge in [0.2, 0.25) is 0 Å². The number of H-pyrrole nitrogens is 1. The molecule has 3 rings (SSSR count). The van der Waals surface area contributed by atoms with E-state index in [1.54, 1.807) is 12.1 Å². The van der Waals surface area contributed by atoms with Crippen LogP contribution in [0.15, 0.2) is 48.7 Å². The number of aromatic nitrogens is 2. The Morgan fingerprint density at radius 3 is 2.64 bits per heavy atom. The monoisotopic (exact) mass is 306 g/mol. The highest BCUT2D eigenvalue weighted by molar-refractivity contribution is 5.94. The molecule has 112 valence electrons. The van der Waals surface area contributed by atoms with E-state index in [4.69, 9.17) is 4.74 Å². The number of ether oxygens (including phenoxy) is 1. The van der Waals surface area contributed by atoms with Gasteiger partial charge in [0.1, 0.15) is 17.1 Å². The van der Waals surface area contributed by atoms with Crippen LogP contribution in [0.25, 0.3) is 11.0 Å². The van der Waals surface area contributed by atoms with E-state index >= 15 is 0 Å². The zero-order chi connectivity index (χ0) is 15.7. The standard InChI is InChI=1S/C15H9F3N2O2/c16-15(17,18)10-5-1-2-6-12(10)22-14(21)11-8-9-4-3-7-19-13(9)20-11/h1-8H,(H,19,20). The third kappa shape index (κ3) is 2.65. The summed E-state index contributed by atoms with van der Waals surface area (Å²) in [5.41, 5.74) is -0.512. The number of carbonyl (C=O) groups is 1. The number of hydrogen-bond donors (Lipinski definition) is 1. The molecule has 0 spiro atoms. The number of hydrogen-bond acceptors (Lipinski definition) is 3. The van der Waals surface area contributed by atoms with Crippen molar-refractivity contribution in [2.45, 2.75) is 6.18 Å². The second kappa shape index (κ2) is 5.18. The van der Waals surface area contributed by atoms with Crippen LogP contribution in [0.1, 0.15) is 16.1 Å². The Morgan fingerprint density at radius 1 is 1.14 bits per heavy atom. The fraction of sp³-hybridized carbons (Fsp3) is 0.0667. The Balaban J connectivity index is 1.92. The van der Waals surface area contributed by atoms with Crippen LogP contribution in [-0.4, -0.2) is 15.9 Å². The number of fused-ring (bicyclic) bond motifs is 1. The molecule has 4 nitrogen and oxygen atoms in total. The van der Waals surface area contributed by atoms with Crippen molar-refractivity contribution in [1.82, 2.24) is 9.97 Å². The Hall–Kier alpha value is -2.83.